The smallest absolute Gasteiger partial charge is 0.243 e. The number of sulfonamides is 1. The quantitative estimate of drug-likeness (QED) is 0.800. The Labute approximate surface area is 158 Å². The summed E-state index contributed by atoms with van der Waals surface area (Å²) in [7, 11) is -3.54. The van der Waals surface area contributed by atoms with Crippen LogP contribution in [0.3, 0.4) is 0 Å². The molecule has 1 aliphatic heterocycles. The van der Waals surface area contributed by atoms with Crippen molar-refractivity contribution in [3.63, 3.8) is 0 Å². The molecule has 6 nitrogen and oxygen atoms in total. The standard InChI is InChI=1S/C18H21ClN4O2S/c1-13-2-5-15(19)12-17(13)26(24,25)23-10-8-22(9-11-23)18-7-6-16(20-21-18)14-3-4-14/h2,5-7,12,14H,3-4,8-11H2,1H3. The number of halogens is 1. The van der Waals surface area contributed by atoms with Crippen LogP contribution in [0.1, 0.15) is 30.0 Å². The highest BCUT2D eigenvalue weighted by atomic mass is 35.5. The van der Waals surface area contributed by atoms with Crippen LogP contribution in [0.2, 0.25) is 5.02 Å². The third kappa shape index (κ3) is 3.43. The first kappa shape index (κ1) is 17.7. The third-order valence-corrected chi connectivity index (χ3v) is 7.27. The molecule has 2 aromatic rings. The van der Waals surface area contributed by atoms with Crippen LogP contribution in [0, 0.1) is 6.92 Å². The average Bonchev–Trinajstić information content (AvgIpc) is 3.49. The molecule has 0 spiro atoms. The van der Waals surface area contributed by atoms with Gasteiger partial charge in [0.25, 0.3) is 0 Å². The van der Waals surface area contributed by atoms with E-state index in [1.165, 1.54) is 23.2 Å². The summed E-state index contributed by atoms with van der Waals surface area (Å²) in [6, 6.07) is 9.01. The zero-order chi connectivity index (χ0) is 18.3. The molecule has 1 aliphatic carbocycles. The number of aromatic nitrogens is 2. The summed E-state index contributed by atoms with van der Waals surface area (Å²) < 4.78 is 27.4. The van der Waals surface area contributed by atoms with Gasteiger partial charge in [-0.05, 0) is 49.6 Å². The molecule has 0 atom stereocenters. The Bertz CT molecular complexity index is 905. The molecule has 1 aromatic carbocycles. The molecule has 4 rings (SSSR count). The number of hydrogen-bond donors (Lipinski definition) is 0. The van der Waals surface area contributed by atoms with Crippen molar-refractivity contribution in [3.05, 3.63) is 46.6 Å². The normalized spacial score (nSPS) is 18.9. The van der Waals surface area contributed by atoms with E-state index in [0.717, 1.165) is 11.5 Å². The lowest BCUT2D eigenvalue weighted by Gasteiger charge is -2.34. The van der Waals surface area contributed by atoms with E-state index in [0.29, 0.717) is 42.7 Å². The fraction of sp³-hybridized carbons (Fsp3) is 0.444. The van der Waals surface area contributed by atoms with Gasteiger partial charge in [-0.3, -0.25) is 0 Å². The maximum absolute atomic E-state index is 13.0. The van der Waals surface area contributed by atoms with Crippen molar-refractivity contribution < 1.29 is 8.42 Å². The molecule has 2 heterocycles. The van der Waals surface area contributed by atoms with Crippen LogP contribution in [0.25, 0.3) is 0 Å². The van der Waals surface area contributed by atoms with Crippen molar-refractivity contribution in [2.45, 2.75) is 30.6 Å². The van der Waals surface area contributed by atoms with Crippen LogP contribution in [0.5, 0.6) is 0 Å². The largest absolute Gasteiger partial charge is 0.352 e. The van der Waals surface area contributed by atoms with Gasteiger partial charge in [0, 0.05) is 37.1 Å². The molecule has 2 fully saturated rings. The number of benzene rings is 1. The molecular formula is C18H21ClN4O2S. The lowest BCUT2D eigenvalue weighted by Crippen LogP contribution is -2.49. The van der Waals surface area contributed by atoms with Gasteiger partial charge in [0.1, 0.15) is 0 Å². The molecule has 0 amide bonds. The molecular weight excluding hydrogens is 372 g/mol. The van der Waals surface area contributed by atoms with Crippen LogP contribution in [-0.4, -0.2) is 49.1 Å². The lowest BCUT2D eigenvalue weighted by atomic mass is 10.2. The topological polar surface area (TPSA) is 66.4 Å². The van der Waals surface area contributed by atoms with Gasteiger partial charge in [-0.1, -0.05) is 17.7 Å². The number of hydrogen-bond acceptors (Lipinski definition) is 5. The highest BCUT2D eigenvalue weighted by Gasteiger charge is 2.31. The Morgan fingerprint density at radius 2 is 1.77 bits per heavy atom. The van der Waals surface area contributed by atoms with Crippen LogP contribution in [-0.2, 0) is 10.0 Å². The van der Waals surface area contributed by atoms with E-state index >= 15 is 0 Å². The maximum Gasteiger partial charge on any atom is 0.243 e. The summed E-state index contributed by atoms with van der Waals surface area (Å²) >= 11 is 6.00. The Kier molecular flexibility index (Phi) is 4.62. The van der Waals surface area contributed by atoms with Gasteiger partial charge in [0.15, 0.2) is 5.82 Å². The Morgan fingerprint density at radius 1 is 1.04 bits per heavy atom. The molecule has 0 N–H and O–H groups in total. The second kappa shape index (κ2) is 6.79. The van der Waals surface area contributed by atoms with E-state index in [4.69, 9.17) is 11.6 Å². The van der Waals surface area contributed by atoms with Crippen LogP contribution in [0.4, 0.5) is 5.82 Å². The third-order valence-electron chi connectivity index (χ3n) is 5.00. The molecule has 1 saturated carbocycles. The molecule has 0 radical (unpaired) electrons. The van der Waals surface area contributed by atoms with E-state index in [2.05, 4.69) is 15.1 Å². The molecule has 2 aliphatic rings. The average molecular weight is 393 g/mol. The van der Waals surface area contributed by atoms with Crippen LogP contribution in [0.15, 0.2) is 35.2 Å². The molecule has 0 unspecified atom stereocenters. The van der Waals surface area contributed by atoms with Crippen LogP contribution >= 0.6 is 11.6 Å². The maximum atomic E-state index is 13.0. The number of aryl methyl sites for hydroxylation is 1. The van der Waals surface area contributed by atoms with Gasteiger partial charge in [0.2, 0.25) is 10.0 Å². The van der Waals surface area contributed by atoms with Gasteiger partial charge in [-0.2, -0.15) is 9.40 Å². The van der Waals surface area contributed by atoms with Gasteiger partial charge >= 0.3 is 0 Å². The predicted molar refractivity (Wildman–Crippen MR) is 101 cm³/mol. The summed E-state index contributed by atoms with van der Waals surface area (Å²) in [5, 5.41) is 9.07. The van der Waals surface area contributed by atoms with Gasteiger partial charge in [-0.25, -0.2) is 8.42 Å². The lowest BCUT2D eigenvalue weighted by molar-refractivity contribution is 0.383. The fourth-order valence-corrected chi connectivity index (χ4v) is 5.16. The Balaban J connectivity index is 1.46. The fourth-order valence-electron chi connectivity index (χ4n) is 3.25. The second-order valence-electron chi connectivity index (χ2n) is 6.89. The first-order valence-electron chi connectivity index (χ1n) is 8.80. The predicted octanol–water partition coefficient (Wildman–Crippen LogP) is 2.83. The summed E-state index contributed by atoms with van der Waals surface area (Å²) in [5.74, 6) is 1.39. The van der Waals surface area contributed by atoms with E-state index < -0.39 is 10.0 Å². The number of rotatable bonds is 4. The first-order valence-corrected chi connectivity index (χ1v) is 10.6. The molecule has 8 heteroatoms. The summed E-state index contributed by atoms with van der Waals surface area (Å²) in [5.41, 5.74) is 1.77. The minimum atomic E-state index is -3.54. The number of piperazine rings is 1. The van der Waals surface area contributed by atoms with Gasteiger partial charge in [0.05, 0.1) is 10.6 Å². The molecule has 1 saturated heterocycles. The van der Waals surface area contributed by atoms with E-state index in [9.17, 15) is 8.42 Å². The van der Waals surface area contributed by atoms with Crippen molar-refractivity contribution in [1.82, 2.24) is 14.5 Å². The van der Waals surface area contributed by atoms with Gasteiger partial charge in [-0.15, -0.1) is 5.10 Å². The SMILES string of the molecule is Cc1ccc(Cl)cc1S(=O)(=O)N1CCN(c2ccc(C3CC3)nn2)CC1. The Hall–Kier alpha value is -1.70. The van der Waals surface area contributed by atoms with Gasteiger partial charge < -0.3 is 4.90 Å². The number of anilines is 1. The van der Waals surface area contributed by atoms with Crippen LogP contribution < -0.4 is 4.90 Å². The minimum Gasteiger partial charge on any atom is -0.352 e. The Morgan fingerprint density at radius 3 is 2.38 bits per heavy atom. The van der Waals surface area contributed by atoms with Crippen molar-refractivity contribution in [2.75, 3.05) is 31.1 Å². The monoisotopic (exact) mass is 392 g/mol. The molecule has 138 valence electrons. The summed E-state index contributed by atoms with van der Waals surface area (Å²) in [4.78, 5) is 2.37. The molecule has 1 aromatic heterocycles. The highest BCUT2D eigenvalue weighted by molar-refractivity contribution is 7.89. The minimum absolute atomic E-state index is 0.284. The highest BCUT2D eigenvalue weighted by Crippen LogP contribution is 2.38. The molecule has 0 bridgehead atoms. The molecule has 26 heavy (non-hydrogen) atoms. The van der Waals surface area contributed by atoms with E-state index in [1.807, 2.05) is 12.1 Å². The van der Waals surface area contributed by atoms with Crippen molar-refractivity contribution in [2.24, 2.45) is 0 Å². The van der Waals surface area contributed by atoms with E-state index in [-0.39, 0.29) is 4.90 Å². The zero-order valence-corrected chi connectivity index (χ0v) is 16.2. The summed E-state index contributed by atoms with van der Waals surface area (Å²) in [6.45, 7) is 3.81. The zero-order valence-electron chi connectivity index (χ0n) is 14.6. The van der Waals surface area contributed by atoms with Crippen molar-refractivity contribution in [3.8, 4) is 0 Å². The van der Waals surface area contributed by atoms with Crippen molar-refractivity contribution in [1.29, 1.82) is 0 Å². The number of nitrogens with zero attached hydrogens (tertiary/aromatic N) is 4. The summed E-state index contributed by atoms with van der Waals surface area (Å²) in [6.07, 6.45) is 2.40. The second-order valence-corrected chi connectivity index (χ2v) is 9.23. The van der Waals surface area contributed by atoms with Crippen molar-refractivity contribution >= 4 is 27.4 Å². The first-order chi connectivity index (χ1) is 12.4. The van der Waals surface area contributed by atoms with E-state index in [1.54, 1.807) is 19.1 Å².